The van der Waals surface area contributed by atoms with Gasteiger partial charge in [-0.15, -0.1) is 0 Å². The average Bonchev–Trinajstić information content (AvgIpc) is 3.02. The minimum atomic E-state index is 0.203. The average molecular weight is 306 g/mol. The lowest BCUT2D eigenvalue weighted by atomic mass is 10.1. The molecule has 0 unspecified atom stereocenters. The third-order valence-corrected chi connectivity index (χ3v) is 4.10. The van der Waals surface area contributed by atoms with E-state index in [9.17, 15) is 4.79 Å². The molecule has 3 heteroatoms. The first-order valence-electron chi connectivity index (χ1n) is 8.18. The number of carbonyl (C=O) groups excluding carboxylic acids is 1. The Balaban J connectivity index is 1.37. The number of nitrogens with one attached hydrogen (secondary N) is 2. The van der Waals surface area contributed by atoms with Crippen LogP contribution in [0.25, 0.3) is 10.9 Å². The van der Waals surface area contributed by atoms with E-state index >= 15 is 0 Å². The van der Waals surface area contributed by atoms with Crippen molar-refractivity contribution in [3.8, 4) is 0 Å². The molecular formula is C20H22N2O. The molecule has 0 amide bonds. The summed E-state index contributed by atoms with van der Waals surface area (Å²) in [4.78, 5) is 15.3. The van der Waals surface area contributed by atoms with Gasteiger partial charge in [0.25, 0.3) is 0 Å². The van der Waals surface area contributed by atoms with E-state index in [2.05, 4.69) is 34.7 Å². The quantitative estimate of drug-likeness (QED) is 0.489. The molecular weight excluding hydrogens is 284 g/mol. The van der Waals surface area contributed by atoms with Gasteiger partial charge in [-0.3, -0.25) is 4.79 Å². The molecule has 0 fully saturated rings. The summed E-state index contributed by atoms with van der Waals surface area (Å²) in [6.45, 7) is 1.67. The van der Waals surface area contributed by atoms with Crippen molar-refractivity contribution in [2.45, 2.75) is 19.3 Å². The van der Waals surface area contributed by atoms with Gasteiger partial charge in [0, 0.05) is 35.6 Å². The number of para-hydroxylation sites is 1. The van der Waals surface area contributed by atoms with E-state index < -0.39 is 0 Å². The second-order valence-electron chi connectivity index (χ2n) is 5.75. The minimum absolute atomic E-state index is 0.203. The van der Waals surface area contributed by atoms with Crippen LogP contribution in [0.4, 0.5) is 0 Å². The zero-order chi connectivity index (χ0) is 15.9. The highest BCUT2D eigenvalue weighted by molar-refractivity contribution is 5.96. The summed E-state index contributed by atoms with van der Waals surface area (Å²) < 4.78 is 0. The molecule has 1 aromatic heterocycles. The maximum absolute atomic E-state index is 12.0. The van der Waals surface area contributed by atoms with Crippen LogP contribution in [0, 0.1) is 0 Å². The standard InChI is InChI=1S/C20H22N2O/c23-20(16-7-2-1-3-8-16)12-14-21-13-6-9-17-15-22-19-11-5-4-10-18(17)19/h1-5,7-8,10-11,15,21-22H,6,9,12-14H2. The Hall–Kier alpha value is -2.39. The lowest BCUT2D eigenvalue weighted by molar-refractivity contribution is 0.0982. The van der Waals surface area contributed by atoms with Crippen molar-refractivity contribution >= 4 is 16.7 Å². The molecule has 3 rings (SSSR count). The first kappa shape index (κ1) is 15.5. The first-order valence-corrected chi connectivity index (χ1v) is 8.18. The monoisotopic (exact) mass is 306 g/mol. The van der Waals surface area contributed by atoms with Crippen LogP contribution in [-0.2, 0) is 6.42 Å². The molecule has 118 valence electrons. The van der Waals surface area contributed by atoms with Crippen LogP contribution in [0.3, 0.4) is 0 Å². The van der Waals surface area contributed by atoms with Crippen LogP contribution in [0.2, 0.25) is 0 Å². The molecule has 0 aliphatic carbocycles. The molecule has 2 aromatic carbocycles. The number of aryl methyl sites for hydroxylation is 1. The molecule has 23 heavy (non-hydrogen) atoms. The van der Waals surface area contributed by atoms with E-state index in [0.717, 1.165) is 31.5 Å². The second-order valence-corrected chi connectivity index (χ2v) is 5.75. The lowest BCUT2D eigenvalue weighted by Crippen LogP contribution is -2.20. The van der Waals surface area contributed by atoms with Gasteiger partial charge in [0.1, 0.15) is 0 Å². The number of ketones is 1. The highest BCUT2D eigenvalue weighted by atomic mass is 16.1. The van der Waals surface area contributed by atoms with Gasteiger partial charge in [-0.05, 0) is 31.0 Å². The van der Waals surface area contributed by atoms with Gasteiger partial charge in [-0.1, -0.05) is 48.5 Å². The Morgan fingerprint density at radius 1 is 0.957 bits per heavy atom. The van der Waals surface area contributed by atoms with Crippen molar-refractivity contribution < 1.29 is 4.79 Å². The van der Waals surface area contributed by atoms with Gasteiger partial charge in [0.15, 0.2) is 5.78 Å². The number of carbonyl (C=O) groups is 1. The van der Waals surface area contributed by atoms with Crippen LogP contribution in [0.15, 0.2) is 60.8 Å². The molecule has 3 aromatic rings. The number of rotatable bonds is 8. The van der Waals surface area contributed by atoms with Crippen LogP contribution in [-0.4, -0.2) is 23.9 Å². The maximum Gasteiger partial charge on any atom is 0.164 e. The van der Waals surface area contributed by atoms with E-state index in [1.807, 2.05) is 36.4 Å². The van der Waals surface area contributed by atoms with Crippen molar-refractivity contribution in [1.29, 1.82) is 0 Å². The van der Waals surface area contributed by atoms with Crippen LogP contribution >= 0.6 is 0 Å². The second kappa shape index (κ2) is 7.75. The van der Waals surface area contributed by atoms with Crippen molar-refractivity contribution in [2.75, 3.05) is 13.1 Å². The highest BCUT2D eigenvalue weighted by Gasteiger charge is 2.04. The van der Waals surface area contributed by atoms with E-state index in [1.165, 1.54) is 16.5 Å². The summed E-state index contributed by atoms with van der Waals surface area (Å²) in [5, 5.41) is 4.68. The number of fused-ring (bicyclic) bond motifs is 1. The van der Waals surface area contributed by atoms with Crippen LogP contribution < -0.4 is 5.32 Å². The predicted molar refractivity (Wildman–Crippen MR) is 94.9 cm³/mol. The number of H-pyrrole nitrogens is 1. The maximum atomic E-state index is 12.0. The SMILES string of the molecule is O=C(CCNCCCc1c[nH]c2ccccc12)c1ccccc1. The van der Waals surface area contributed by atoms with Crippen LogP contribution in [0.1, 0.15) is 28.8 Å². The van der Waals surface area contributed by atoms with Gasteiger partial charge in [-0.25, -0.2) is 0 Å². The van der Waals surface area contributed by atoms with Gasteiger partial charge < -0.3 is 10.3 Å². The Labute approximate surface area is 136 Å². The van der Waals surface area contributed by atoms with Crippen molar-refractivity contribution in [3.63, 3.8) is 0 Å². The van der Waals surface area contributed by atoms with Gasteiger partial charge in [-0.2, -0.15) is 0 Å². The molecule has 0 saturated heterocycles. The molecule has 0 saturated carbocycles. The van der Waals surface area contributed by atoms with Gasteiger partial charge in [0.2, 0.25) is 0 Å². The number of aromatic nitrogens is 1. The van der Waals surface area contributed by atoms with Crippen LogP contribution in [0.5, 0.6) is 0 Å². The third-order valence-electron chi connectivity index (χ3n) is 4.10. The number of hydrogen-bond acceptors (Lipinski definition) is 2. The fourth-order valence-corrected chi connectivity index (χ4v) is 2.84. The van der Waals surface area contributed by atoms with Crippen molar-refractivity contribution in [1.82, 2.24) is 10.3 Å². The van der Waals surface area contributed by atoms with Gasteiger partial charge >= 0.3 is 0 Å². The predicted octanol–water partition coefficient (Wildman–Crippen LogP) is 3.96. The minimum Gasteiger partial charge on any atom is -0.361 e. The summed E-state index contributed by atoms with van der Waals surface area (Å²) in [5.74, 6) is 0.203. The fourth-order valence-electron chi connectivity index (χ4n) is 2.84. The Bertz CT molecular complexity index is 761. The van der Waals surface area contributed by atoms with Crippen molar-refractivity contribution in [2.24, 2.45) is 0 Å². The summed E-state index contributed by atoms with van der Waals surface area (Å²) in [7, 11) is 0. The zero-order valence-electron chi connectivity index (χ0n) is 13.2. The lowest BCUT2D eigenvalue weighted by Gasteiger charge is -2.04. The smallest absolute Gasteiger partial charge is 0.164 e. The van der Waals surface area contributed by atoms with E-state index in [0.29, 0.717) is 6.42 Å². The molecule has 0 bridgehead atoms. The molecule has 0 aliphatic heterocycles. The van der Waals surface area contributed by atoms with Gasteiger partial charge in [0.05, 0.1) is 0 Å². The summed E-state index contributed by atoms with van der Waals surface area (Å²) in [6, 6.07) is 17.9. The summed E-state index contributed by atoms with van der Waals surface area (Å²) >= 11 is 0. The molecule has 0 radical (unpaired) electrons. The Morgan fingerprint density at radius 2 is 1.74 bits per heavy atom. The molecule has 2 N–H and O–H groups in total. The topological polar surface area (TPSA) is 44.9 Å². The van der Waals surface area contributed by atoms with E-state index in [-0.39, 0.29) is 5.78 Å². The van der Waals surface area contributed by atoms with Crippen molar-refractivity contribution in [3.05, 3.63) is 71.9 Å². The Kier molecular flexibility index (Phi) is 5.22. The summed E-state index contributed by atoms with van der Waals surface area (Å²) in [6.07, 6.45) is 4.77. The number of benzene rings is 2. The number of aromatic amines is 1. The largest absolute Gasteiger partial charge is 0.361 e. The molecule has 0 spiro atoms. The fraction of sp³-hybridized carbons (Fsp3) is 0.250. The normalized spacial score (nSPS) is 11.0. The molecule has 0 aliphatic rings. The molecule has 1 heterocycles. The highest BCUT2D eigenvalue weighted by Crippen LogP contribution is 2.18. The molecule has 0 atom stereocenters. The van der Waals surface area contributed by atoms with E-state index in [1.54, 1.807) is 0 Å². The molecule has 3 nitrogen and oxygen atoms in total. The van der Waals surface area contributed by atoms with E-state index in [4.69, 9.17) is 0 Å². The summed E-state index contributed by atoms with van der Waals surface area (Å²) in [5.41, 5.74) is 3.36. The number of Topliss-reactive ketones (excluding diaryl/α,β-unsaturated/α-hetero) is 1. The zero-order valence-corrected chi connectivity index (χ0v) is 13.2. The number of hydrogen-bond donors (Lipinski definition) is 2. The Morgan fingerprint density at radius 3 is 2.61 bits per heavy atom. The first-order chi connectivity index (χ1) is 11.3. The third kappa shape index (κ3) is 4.08.